The minimum absolute atomic E-state index is 0.317. The van der Waals surface area contributed by atoms with Crippen LogP contribution in [-0.2, 0) is 4.79 Å². The van der Waals surface area contributed by atoms with E-state index in [9.17, 15) is 4.79 Å². The average Bonchev–Trinajstić information content (AvgIpc) is 2.01. The van der Waals surface area contributed by atoms with Gasteiger partial charge in [0.2, 0.25) is 0 Å². The second-order valence-corrected chi connectivity index (χ2v) is 6.20. The van der Waals surface area contributed by atoms with Gasteiger partial charge in [0.25, 0.3) is 0 Å². The fourth-order valence-corrected chi connectivity index (χ4v) is 3.41. The van der Waals surface area contributed by atoms with Crippen LogP contribution in [0.1, 0.15) is 33.6 Å². The Hall–Kier alpha value is -0.0200. The third-order valence-electron chi connectivity index (χ3n) is 2.50. The second kappa shape index (κ2) is 5.76. The van der Waals surface area contributed by atoms with Crippen molar-refractivity contribution in [3.63, 3.8) is 0 Å². The molecule has 0 aromatic heterocycles. The van der Waals surface area contributed by atoms with Gasteiger partial charge in [0.05, 0.1) is 0 Å². The predicted molar refractivity (Wildman–Crippen MR) is 62.9 cm³/mol. The molecule has 1 aliphatic rings. The third-order valence-corrected chi connectivity index (χ3v) is 3.73. The fourth-order valence-electron chi connectivity index (χ4n) is 2.02. The van der Waals surface area contributed by atoms with Gasteiger partial charge in [-0.3, -0.25) is 0 Å². The summed E-state index contributed by atoms with van der Waals surface area (Å²) in [5.41, 5.74) is 0. The Morgan fingerprint density at radius 3 is 2.43 bits per heavy atom. The average molecular weight is 215 g/mol. The number of thioether (sulfide) groups is 1. The van der Waals surface area contributed by atoms with Crippen LogP contribution in [0.4, 0.5) is 0 Å². The van der Waals surface area contributed by atoms with Gasteiger partial charge >= 0.3 is 0 Å². The highest BCUT2D eigenvalue weighted by molar-refractivity contribution is 8.00. The lowest BCUT2D eigenvalue weighted by Crippen LogP contribution is -2.40. The Kier molecular flexibility index (Phi) is 4.96. The number of nitrogens with zero attached hydrogens (tertiary/aromatic N) is 1. The predicted octanol–water partition coefficient (Wildman–Crippen LogP) is 2.18. The van der Waals surface area contributed by atoms with Crippen molar-refractivity contribution < 1.29 is 4.79 Å². The van der Waals surface area contributed by atoms with E-state index >= 15 is 0 Å². The van der Waals surface area contributed by atoms with Crippen molar-refractivity contribution in [1.82, 2.24) is 4.90 Å². The summed E-state index contributed by atoms with van der Waals surface area (Å²) in [6.45, 7) is 9.72. The molecule has 1 fully saturated rings. The van der Waals surface area contributed by atoms with Crippen molar-refractivity contribution in [2.24, 2.45) is 0 Å². The minimum Gasteiger partial charge on any atom is -0.301 e. The van der Waals surface area contributed by atoms with Crippen LogP contribution in [0.2, 0.25) is 0 Å². The second-order valence-electron chi connectivity index (χ2n) is 4.32. The van der Waals surface area contributed by atoms with Crippen LogP contribution >= 0.6 is 11.8 Å². The summed E-state index contributed by atoms with van der Waals surface area (Å²) < 4.78 is 0. The third kappa shape index (κ3) is 4.47. The zero-order valence-electron chi connectivity index (χ0n) is 9.45. The molecule has 2 unspecified atom stereocenters. The van der Waals surface area contributed by atoms with E-state index in [-0.39, 0.29) is 0 Å². The van der Waals surface area contributed by atoms with Gasteiger partial charge in [-0.05, 0) is 19.9 Å². The van der Waals surface area contributed by atoms with Gasteiger partial charge in [-0.2, -0.15) is 11.8 Å². The zero-order valence-corrected chi connectivity index (χ0v) is 10.3. The molecule has 2 nitrogen and oxygen atoms in total. The summed E-state index contributed by atoms with van der Waals surface area (Å²) in [6.07, 6.45) is 1.77. The van der Waals surface area contributed by atoms with Crippen molar-refractivity contribution in [3.05, 3.63) is 0 Å². The van der Waals surface area contributed by atoms with E-state index in [2.05, 4.69) is 30.5 Å². The Bertz CT molecular complexity index is 186. The summed E-state index contributed by atoms with van der Waals surface area (Å²) in [7, 11) is 0. The minimum atomic E-state index is 0.317. The van der Waals surface area contributed by atoms with Gasteiger partial charge in [-0.25, -0.2) is 0 Å². The lowest BCUT2D eigenvalue weighted by Gasteiger charge is -2.34. The van der Waals surface area contributed by atoms with E-state index in [4.69, 9.17) is 0 Å². The molecular formula is C11H21NOS. The molecule has 82 valence electrons. The molecule has 0 spiro atoms. The highest BCUT2D eigenvalue weighted by Crippen LogP contribution is 2.24. The van der Waals surface area contributed by atoms with E-state index in [0.717, 1.165) is 29.9 Å². The summed E-state index contributed by atoms with van der Waals surface area (Å²) in [6, 6.07) is 0. The topological polar surface area (TPSA) is 20.3 Å². The molecule has 0 radical (unpaired) electrons. The smallest absolute Gasteiger partial charge is 0.129 e. The van der Waals surface area contributed by atoms with Crippen LogP contribution in [-0.4, -0.2) is 40.8 Å². The number of rotatable bonds is 4. The first-order chi connectivity index (χ1) is 6.58. The molecule has 2 atom stereocenters. The molecule has 0 N–H and O–H groups in total. The summed E-state index contributed by atoms with van der Waals surface area (Å²) >= 11 is 2.08. The zero-order chi connectivity index (χ0) is 10.6. The van der Waals surface area contributed by atoms with Crippen molar-refractivity contribution in [3.8, 4) is 0 Å². The number of hydrogen-bond donors (Lipinski definition) is 0. The monoisotopic (exact) mass is 215 g/mol. The lowest BCUT2D eigenvalue weighted by atomic mass is 10.2. The normalized spacial score (nSPS) is 29.1. The molecule has 1 aliphatic heterocycles. The molecule has 0 bridgehead atoms. The molecule has 0 saturated carbocycles. The highest BCUT2D eigenvalue weighted by atomic mass is 32.2. The van der Waals surface area contributed by atoms with Crippen LogP contribution in [0, 0.1) is 0 Å². The fraction of sp³-hybridized carbons (Fsp3) is 0.909. The molecule has 0 aromatic carbocycles. The van der Waals surface area contributed by atoms with E-state index < -0.39 is 0 Å². The van der Waals surface area contributed by atoms with Gasteiger partial charge < -0.3 is 9.69 Å². The van der Waals surface area contributed by atoms with E-state index in [0.29, 0.717) is 5.78 Å². The Morgan fingerprint density at radius 2 is 1.93 bits per heavy atom. The largest absolute Gasteiger partial charge is 0.301 e. The van der Waals surface area contributed by atoms with Gasteiger partial charge in [-0.15, -0.1) is 0 Å². The van der Waals surface area contributed by atoms with Crippen LogP contribution in [0.25, 0.3) is 0 Å². The number of carbonyl (C=O) groups excluding carboxylic acids is 1. The molecule has 0 aliphatic carbocycles. The van der Waals surface area contributed by atoms with Crippen molar-refractivity contribution in [2.75, 3.05) is 19.6 Å². The number of hydrogen-bond acceptors (Lipinski definition) is 3. The van der Waals surface area contributed by atoms with Gasteiger partial charge in [0.1, 0.15) is 5.78 Å². The lowest BCUT2D eigenvalue weighted by molar-refractivity contribution is -0.117. The van der Waals surface area contributed by atoms with E-state index in [1.54, 1.807) is 6.92 Å². The van der Waals surface area contributed by atoms with Crippen LogP contribution < -0.4 is 0 Å². The number of carbonyl (C=O) groups is 1. The van der Waals surface area contributed by atoms with Crippen LogP contribution in [0.5, 0.6) is 0 Å². The quantitative estimate of drug-likeness (QED) is 0.717. The first kappa shape index (κ1) is 12.1. The molecule has 1 heterocycles. The van der Waals surface area contributed by atoms with E-state index in [1.165, 1.54) is 13.1 Å². The van der Waals surface area contributed by atoms with E-state index in [1.807, 2.05) is 0 Å². The molecule has 0 aromatic rings. The standard InChI is InChI=1S/C11H21NOS/c1-9(13)5-4-6-12-7-10(2)14-11(3)8-12/h10-11H,4-8H2,1-3H3. The Labute approximate surface area is 91.4 Å². The Balaban J connectivity index is 2.20. The first-order valence-electron chi connectivity index (χ1n) is 5.45. The first-order valence-corrected chi connectivity index (χ1v) is 6.39. The van der Waals surface area contributed by atoms with Crippen molar-refractivity contribution in [2.45, 2.75) is 44.1 Å². The molecule has 1 saturated heterocycles. The SMILES string of the molecule is CC(=O)CCCN1CC(C)SC(C)C1. The van der Waals surface area contributed by atoms with Crippen molar-refractivity contribution in [1.29, 1.82) is 0 Å². The van der Waals surface area contributed by atoms with Gasteiger partial charge in [-0.1, -0.05) is 13.8 Å². The van der Waals surface area contributed by atoms with Crippen LogP contribution in [0.15, 0.2) is 0 Å². The summed E-state index contributed by atoms with van der Waals surface area (Å²) in [4.78, 5) is 13.3. The Morgan fingerprint density at radius 1 is 1.36 bits per heavy atom. The number of ketones is 1. The maximum absolute atomic E-state index is 10.8. The molecule has 0 amide bonds. The summed E-state index contributed by atoms with van der Waals surface area (Å²) in [5, 5.41) is 1.49. The van der Waals surface area contributed by atoms with Crippen molar-refractivity contribution >= 4 is 17.5 Å². The number of Topliss-reactive ketones (excluding diaryl/α,β-unsaturated/α-hetero) is 1. The van der Waals surface area contributed by atoms with Gasteiger partial charge in [0, 0.05) is 30.0 Å². The van der Waals surface area contributed by atoms with Gasteiger partial charge in [0.15, 0.2) is 0 Å². The molecule has 3 heteroatoms. The highest BCUT2D eigenvalue weighted by Gasteiger charge is 2.21. The maximum atomic E-state index is 10.8. The molecule has 14 heavy (non-hydrogen) atoms. The molecule has 1 rings (SSSR count). The van der Waals surface area contributed by atoms with Crippen LogP contribution in [0.3, 0.4) is 0 Å². The molecular weight excluding hydrogens is 194 g/mol. The maximum Gasteiger partial charge on any atom is 0.129 e. The summed E-state index contributed by atoms with van der Waals surface area (Å²) in [5.74, 6) is 0.317.